The lowest BCUT2D eigenvalue weighted by Gasteiger charge is -2.35. The second-order valence-corrected chi connectivity index (χ2v) is 37.2. The number of aromatic nitrogens is 3. The Hall–Kier alpha value is -12.6. The molecule has 2 unspecified atom stereocenters. The van der Waals surface area contributed by atoms with E-state index in [0.29, 0.717) is 26.1 Å². The number of alkyl carbamates (subject to hydrolysis) is 5. The minimum Gasteiger partial charge on any atom is -0.453 e. The lowest BCUT2D eigenvalue weighted by atomic mass is 9.85. The summed E-state index contributed by atoms with van der Waals surface area (Å²) in [6.45, 7) is 29.3. The van der Waals surface area contributed by atoms with Crippen LogP contribution < -0.4 is 64.3 Å². The van der Waals surface area contributed by atoms with Crippen molar-refractivity contribution >= 4 is 92.5 Å². The summed E-state index contributed by atoms with van der Waals surface area (Å²) in [5.74, 6) is -1.94. The number of rotatable bonds is 32. The third-order valence-corrected chi connectivity index (χ3v) is 20.2. The summed E-state index contributed by atoms with van der Waals surface area (Å²) in [6, 6.07) is 54.9. The fourth-order valence-electron chi connectivity index (χ4n) is 12.9. The first kappa shape index (κ1) is 115. The summed E-state index contributed by atoms with van der Waals surface area (Å²) in [7, 11) is 4.83. The van der Waals surface area contributed by atoms with Gasteiger partial charge < -0.3 is 70.7 Å². The molecule has 10 amide bonds. The molecule has 732 valence electrons. The lowest BCUT2D eigenvalue weighted by Crippen LogP contribution is -2.60. The molecule has 0 spiro atoms. The Kier molecular flexibility index (Phi) is 49.2. The van der Waals surface area contributed by atoms with Crippen LogP contribution in [0.25, 0.3) is 33.8 Å². The Morgan fingerprint density at radius 3 is 0.963 bits per heavy atom. The van der Waals surface area contributed by atoms with Crippen molar-refractivity contribution in [3.8, 4) is 33.8 Å². The lowest BCUT2D eigenvalue weighted by molar-refractivity contribution is -0.132. The number of aliphatic hydroxyl groups is 1. The maximum absolute atomic E-state index is 13.8. The molecule has 1 aliphatic heterocycles. The number of hydrogen-bond acceptors (Lipinski definition) is 25. The van der Waals surface area contributed by atoms with Crippen molar-refractivity contribution in [3.05, 3.63) is 234 Å². The highest BCUT2D eigenvalue weighted by Gasteiger charge is 2.42. The number of amides is 10. The summed E-state index contributed by atoms with van der Waals surface area (Å²) >= 11 is 9.53. The van der Waals surface area contributed by atoms with E-state index < -0.39 is 121 Å². The Morgan fingerprint density at radius 1 is 0.393 bits per heavy atom. The van der Waals surface area contributed by atoms with E-state index >= 15 is 0 Å². The van der Waals surface area contributed by atoms with E-state index in [1.807, 2.05) is 271 Å². The summed E-state index contributed by atoms with van der Waals surface area (Å²) in [5, 5.41) is 32.5. The van der Waals surface area contributed by atoms with Crippen molar-refractivity contribution in [1.82, 2.24) is 84.3 Å². The number of hydrazine groups is 3. The number of aliphatic hydroxyl groups excluding tert-OH is 1. The zero-order valence-corrected chi connectivity index (χ0v) is 82.8. The van der Waals surface area contributed by atoms with E-state index in [1.54, 1.807) is 44.4 Å². The smallest absolute Gasteiger partial charge is 0.453 e. The fraction of sp³-hybridized carbons (Fsp3) is 0.433. The van der Waals surface area contributed by atoms with E-state index in [2.05, 4.69) is 93.5 Å². The van der Waals surface area contributed by atoms with E-state index in [9.17, 15) is 53.1 Å². The monoisotopic (exact) mass is 1920 g/mol. The summed E-state index contributed by atoms with van der Waals surface area (Å²) in [5.41, 5.74) is 21.6. The third kappa shape index (κ3) is 43.1. The minimum absolute atomic E-state index is 0.0212. The van der Waals surface area contributed by atoms with Crippen LogP contribution in [0.15, 0.2) is 207 Å². The average Bonchev–Trinajstić information content (AvgIpc) is 1.81. The topological polar surface area (TPSA) is 470 Å². The largest absolute Gasteiger partial charge is 0.549 e. The quantitative estimate of drug-likeness (QED) is 0.00612. The number of alkyl halides is 2. The van der Waals surface area contributed by atoms with Gasteiger partial charge in [-0.3, -0.25) is 64.1 Å². The highest BCUT2D eigenvalue weighted by Crippen LogP contribution is 2.28. The van der Waals surface area contributed by atoms with Gasteiger partial charge in [-0.25, -0.2) is 39.8 Å². The number of hydrogen-bond donors (Lipinski definition) is 13. The molecule has 9 rings (SSSR count). The van der Waals surface area contributed by atoms with Crippen LogP contribution in [0.3, 0.4) is 0 Å². The van der Waals surface area contributed by atoms with Gasteiger partial charge in [0.05, 0.1) is 82.8 Å². The van der Waals surface area contributed by atoms with Gasteiger partial charge in [0, 0.05) is 61.5 Å². The molecule has 35 nitrogen and oxygen atoms in total. The van der Waals surface area contributed by atoms with Gasteiger partial charge in [0.25, 0.3) is 17.7 Å². The van der Waals surface area contributed by atoms with Gasteiger partial charge in [0.2, 0.25) is 11.8 Å². The van der Waals surface area contributed by atoms with Crippen LogP contribution in [0.2, 0.25) is 0 Å². The molecule has 9 atom stereocenters. The number of carbonyl (C=O) groups excluding carboxylic acids is 10. The number of nitrogens with one attached hydrogen (secondary N) is 12. The number of carbonyl (C=O) groups is 10. The maximum atomic E-state index is 13.8. The number of epoxide rings is 1. The molecular formula is C97H132Cl2N16O19Si. The molecule has 0 saturated carbocycles. The molecule has 0 bridgehead atoms. The van der Waals surface area contributed by atoms with Crippen molar-refractivity contribution < 1.29 is 90.4 Å². The molecule has 135 heavy (non-hydrogen) atoms. The minimum atomic E-state index is -1.42. The molecule has 4 heterocycles. The highest BCUT2D eigenvalue weighted by molar-refractivity contribution is 6.40. The maximum Gasteiger partial charge on any atom is 0.549 e. The second kappa shape index (κ2) is 57.9. The van der Waals surface area contributed by atoms with Gasteiger partial charge in [0.1, 0.15) is 36.3 Å². The second-order valence-electron chi connectivity index (χ2n) is 36.2. The summed E-state index contributed by atoms with van der Waals surface area (Å²) < 4.78 is 45.5. The Balaban J connectivity index is 0.000000388. The first-order valence-electron chi connectivity index (χ1n) is 43.2. The number of benzene rings is 5. The first-order valence-corrected chi connectivity index (χ1v) is 45.1. The molecule has 8 aromatic rings. The number of pyridine rings is 3. The van der Waals surface area contributed by atoms with E-state index in [-0.39, 0.29) is 54.7 Å². The molecule has 1 fully saturated rings. The van der Waals surface area contributed by atoms with Crippen LogP contribution in [0.5, 0.6) is 0 Å². The summed E-state index contributed by atoms with van der Waals surface area (Å²) in [6.07, 6.45) is 1.54. The normalized spacial score (nSPS) is 13.7. The van der Waals surface area contributed by atoms with Gasteiger partial charge in [0.15, 0.2) is 0 Å². The van der Waals surface area contributed by atoms with Crippen molar-refractivity contribution in [1.29, 1.82) is 0 Å². The van der Waals surface area contributed by atoms with Crippen LogP contribution in [0, 0.1) is 27.1 Å². The van der Waals surface area contributed by atoms with Crippen molar-refractivity contribution in [3.63, 3.8) is 0 Å². The molecule has 1 saturated heterocycles. The molecule has 5 aromatic carbocycles. The van der Waals surface area contributed by atoms with Gasteiger partial charge in [-0.2, -0.15) is 0 Å². The molecular weight excluding hydrogens is 1790 g/mol. The molecule has 3 aromatic heterocycles. The average molecular weight is 1930 g/mol. The fourth-order valence-corrected chi connectivity index (χ4v) is 12.9. The van der Waals surface area contributed by atoms with Crippen LogP contribution in [0.1, 0.15) is 132 Å². The Bertz CT molecular complexity index is 4840. The van der Waals surface area contributed by atoms with Gasteiger partial charge >= 0.3 is 39.8 Å². The Morgan fingerprint density at radius 2 is 0.674 bits per heavy atom. The van der Waals surface area contributed by atoms with Gasteiger partial charge in [-0.05, 0) is 104 Å². The zero-order chi connectivity index (χ0) is 101. The van der Waals surface area contributed by atoms with E-state index in [4.69, 9.17) is 46.3 Å². The summed E-state index contributed by atoms with van der Waals surface area (Å²) in [4.78, 5) is 137. The number of halogens is 2. The Labute approximate surface area is 802 Å². The number of nitrogens with zero attached hydrogens (tertiary/aromatic N) is 4. The van der Waals surface area contributed by atoms with Crippen LogP contribution in [0.4, 0.5) is 24.0 Å². The van der Waals surface area contributed by atoms with Gasteiger partial charge in [-0.15, -0.1) is 23.2 Å². The number of ether oxygens (including phenoxy) is 6. The predicted molar refractivity (Wildman–Crippen MR) is 515 cm³/mol. The SMILES string of the molecule is COC(=O)NC(C(=O)N[C@@H](Cc1ccccc1)[C@@H](O)CN(Cc1ccc(-c2ccccn2)cc1)NC(=O)[C@@H](NC(=O)OC)C(C)(C)C)C(C)(C)C.COC(=O)NC(C(=O)N[C@@H](Cc1ccccc1)[C@@H]1CO1)C(C)(C)C.COC(=O)N[C@H](C(=O)NNCc1ccc(-c2ccccn2)cc1)C(C)(C)C.COC(=O)N[C@H](C(=O)NNCc1ccc(-c2ccccn2)cc1)C(C)(C)C.ClCCl.O=[Si]=O. The van der Waals surface area contributed by atoms with E-state index in [1.165, 1.54) is 35.5 Å². The predicted octanol–water partition coefficient (Wildman–Crippen LogP) is 12.2. The molecule has 13 N–H and O–H groups in total. The number of methoxy groups -OCH3 is 5. The van der Waals surface area contributed by atoms with Crippen molar-refractivity contribution in [2.45, 2.75) is 191 Å². The van der Waals surface area contributed by atoms with Gasteiger partial charge in [-0.1, -0.05) is 256 Å². The standard InChI is InChI=1S/C38H52N6O7.2C20H26N4O3.C18H26N2O4.CH2Cl2.O2Si/c1-37(2,3)31(41-35(48)50-7)33(46)40-29(22-25-14-10-9-11-15-25)30(45)24-44(43-34(47)32(38(4,5)6)42-36(49)51-8)23-26-17-19-27(20-18-26)28-16-12-13-21-39-28;2*1-20(2,3)17(23-19(26)27-4)18(25)24-22-13-14-8-10-15(11-9-14)16-7-5-6-12-21-16;1-18(2,3)15(20-17(22)23-4)16(21)19-13(14-11-24-14)10-12-8-6-5-7-9-12;2-1-3;1-3-2/h9-21,29-32,45H,22-24H2,1-8H3,(H,40,46)(H,41,48)(H,42,49)(H,43,47);2*5-12,17,22H,13H2,1-4H3,(H,23,26)(H,24,25);5-9,13-15H,10-11H2,1-4H3,(H,19,21)(H,20,22);1H2;/t29-,30-,31?,32+;2*17-;13-,14-,15?;;/m0110../s1. The van der Waals surface area contributed by atoms with Crippen LogP contribution in [-0.4, -0.2) is 203 Å². The van der Waals surface area contributed by atoms with Crippen LogP contribution in [-0.2, 0) is 93.8 Å². The molecule has 0 radical (unpaired) electrons. The first-order chi connectivity index (χ1) is 63.8. The van der Waals surface area contributed by atoms with Crippen molar-refractivity contribution in [2.75, 3.05) is 54.0 Å². The third-order valence-electron chi connectivity index (χ3n) is 20.2. The van der Waals surface area contributed by atoms with E-state index in [0.717, 1.165) is 61.6 Å². The van der Waals surface area contributed by atoms with Crippen molar-refractivity contribution in [2.24, 2.45) is 27.1 Å². The molecule has 0 aliphatic carbocycles. The molecule has 38 heteroatoms. The highest BCUT2D eigenvalue weighted by atomic mass is 35.5. The zero-order valence-electron chi connectivity index (χ0n) is 80.3. The van der Waals surface area contributed by atoms with Crippen LogP contribution >= 0.6 is 23.2 Å². The molecule has 1 aliphatic rings.